The van der Waals surface area contributed by atoms with Gasteiger partial charge in [-0.2, -0.15) is 0 Å². The number of nitrogens with one attached hydrogen (secondary N) is 2. The highest BCUT2D eigenvalue weighted by Gasteiger charge is 2.12. The van der Waals surface area contributed by atoms with E-state index in [1.807, 2.05) is 0 Å². The zero-order valence-corrected chi connectivity index (χ0v) is 13.4. The summed E-state index contributed by atoms with van der Waals surface area (Å²) in [6.07, 6.45) is 3.76. The molecule has 116 valence electrons. The van der Waals surface area contributed by atoms with E-state index in [9.17, 15) is 13.2 Å². The molecule has 2 N–H and O–H groups in total. The Balaban J connectivity index is 2.56. The number of allylic oxidation sites excluding steroid dienone is 1. The lowest BCUT2D eigenvalue weighted by molar-refractivity contribution is -0.116. The summed E-state index contributed by atoms with van der Waals surface area (Å²) in [5, 5.41) is 2.73. The largest absolute Gasteiger partial charge is 0.352 e. The van der Waals surface area contributed by atoms with Gasteiger partial charge in [-0.25, -0.2) is 13.1 Å². The molecule has 0 radical (unpaired) electrons. The molecule has 5 nitrogen and oxygen atoms in total. The quantitative estimate of drug-likeness (QED) is 0.559. The van der Waals surface area contributed by atoms with E-state index in [0.29, 0.717) is 13.0 Å². The van der Waals surface area contributed by atoms with Crippen LogP contribution in [0.25, 0.3) is 0 Å². The number of amides is 1. The van der Waals surface area contributed by atoms with E-state index in [1.54, 1.807) is 37.3 Å². The van der Waals surface area contributed by atoms with Gasteiger partial charge in [0.15, 0.2) is 0 Å². The van der Waals surface area contributed by atoms with Crippen LogP contribution in [0.5, 0.6) is 0 Å². The molecule has 0 unspecified atom stereocenters. The molecule has 0 spiro atoms. The summed E-state index contributed by atoms with van der Waals surface area (Å²) in [7, 11) is -3.49. The number of sulfonamides is 1. The maximum atomic E-state index is 11.8. The second-order valence-electron chi connectivity index (χ2n) is 4.27. The molecule has 1 aromatic rings. The first-order chi connectivity index (χ1) is 9.99. The number of carbonyl (C=O) groups is 1. The highest BCUT2D eigenvalue weighted by atomic mass is 35.5. The molecule has 0 fully saturated rings. The van der Waals surface area contributed by atoms with Gasteiger partial charge in [-0.05, 0) is 37.1 Å². The fourth-order valence-electron chi connectivity index (χ4n) is 1.63. The fourth-order valence-corrected chi connectivity index (χ4v) is 2.87. The fraction of sp³-hybridized carbons (Fsp3) is 0.357. The molecule has 0 atom stereocenters. The van der Waals surface area contributed by atoms with E-state index in [4.69, 9.17) is 11.6 Å². The van der Waals surface area contributed by atoms with Crippen molar-refractivity contribution in [2.75, 3.05) is 19.0 Å². The molecule has 0 aliphatic carbocycles. The van der Waals surface area contributed by atoms with Gasteiger partial charge in [0, 0.05) is 19.0 Å². The van der Waals surface area contributed by atoms with Crippen molar-refractivity contribution in [1.29, 1.82) is 0 Å². The minimum Gasteiger partial charge on any atom is -0.352 e. The molecular formula is C14H19ClN2O3S. The number of hydrogen-bond acceptors (Lipinski definition) is 3. The van der Waals surface area contributed by atoms with Crippen LogP contribution in [0.1, 0.15) is 12.5 Å². The molecule has 7 heteroatoms. The molecule has 1 aromatic carbocycles. The van der Waals surface area contributed by atoms with Gasteiger partial charge < -0.3 is 5.32 Å². The van der Waals surface area contributed by atoms with Gasteiger partial charge in [0.25, 0.3) is 0 Å². The molecular weight excluding hydrogens is 312 g/mol. The molecule has 0 saturated heterocycles. The van der Waals surface area contributed by atoms with Gasteiger partial charge >= 0.3 is 0 Å². The van der Waals surface area contributed by atoms with Crippen molar-refractivity contribution in [3.05, 3.63) is 42.0 Å². The molecule has 0 bridgehead atoms. The van der Waals surface area contributed by atoms with Crippen molar-refractivity contribution in [3.8, 4) is 0 Å². The second-order valence-corrected chi connectivity index (χ2v) is 6.42. The first-order valence-corrected chi connectivity index (χ1v) is 8.56. The lowest BCUT2D eigenvalue weighted by atomic mass is 10.1. The van der Waals surface area contributed by atoms with Gasteiger partial charge in [0.1, 0.15) is 0 Å². The van der Waals surface area contributed by atoms with Crippen LogP contribution in [0.2, 0.25) is 0 Å². The number of hydrogen-bond donors (Lipinski definition) is 2. The Bertz CT molecular complexity index is 583. The topological polar surface area (TPSA) is 75.3 Å². The summed E-state index contributed by atoms with van der Waals surface area (Å²) in [6.45, 7) is 2.47. The van der Waals surface area contributed by atoms with Crippen molar-refractivity contribution in [2.24, 2.45) is 0 Å². The maximum Gasteiger partial charge on any atom is 0.243 e. The summed E-state index contributed by atoms with van der Waals surface area (Å²) in [5.74, 6) is 0.0884. The van der Waals surface area contributed by atoms with Crippen molar-refractivity contribution in [2.45, 2.75) is 18.2 Å². The highest BCUT2D eigenvalue weighted by molar-refractivity contribution is 7.89. The van der Waals surface area contributed by atoms with Gasteiger partial charge in [0.2, 0.25) is 15.9 Å². The van der Waals surface area contributed by atoms with E-state index in [2.05, 4.69) is 10.0 Å². The van der Waals surface area contributed by atoms with Crippen molar-refractivity contribution < 1.29 is 13.2 Å². The Morgan fingerprint density at radius 1 is 1.24 bits per heavy atom. The third-order valence-electron chi connectivity index (χ3n) is 2.65. The van der Waals surface area contributed by atoms with E-state index < -0.39 is 10.0 Å². The van der Waals surface area contributed by atoms with Gasteiger partial charge in [-0.15, -0.1) is 11.6 Å². The Kier molecular flexibility index (Phi) is 7.42. The zero-order chi connectivity index (χ0) is 15.7. The van der Waals surface area contributed by atoms with Crippen LogP contribution in [0, 0.1) is 0 Å². The van der Waals surface area contributed by atoms with Crippen LogP contribution >= 0.6 is 11.6 Å². The first kappa shape index (κ1) is 17.7. The predicted octanol–water partition coefficient (Wildman–Crippen LogP) is 1.44. The maximum absolute atomic E-state index is 11.8. The standard InChI is InChI=1S/C14H19ClN2O3S/c1-2-3-14(18)16-10-8-12-4-6-13(7-5-12)21(19,20)17-11-9-15/h2-7,17H,8-11H2,1H3,(H,16,18)/b3-2+. The average Bonchev–Trinajstić information content (AvgIpc) is 2.46. The number of benzene rings is 1. The van der Waals surface area contributed by atoms with Crippen LogP contribution in [0.3, 0.4) is 0 Å². The third kappa shape index (κ3) is 6.29. The lowest BCUT2D eigenvalue weighted by Gasteiger charge is -2.07. The summed E-state index contributed by atoms with van der Waals surface area (Å²) in [4.78, 5) is 11.4. The molecule has 0 aliphatic heterocycles. The van der Waals surface area contributed by atoms with E-state index in [0.717, 1.165) is 5.56 Å². The normalized spacial score (nSPS) is 11.7. The Hall–Kier alpha value is -1.37. The molecule has 0 aromatic heterocycles. The monoisotopic (exact) mass is 330 g/mol. The smallest absolute Gasteiger partial charge is 0.243 e. The van der Waals surface area contributed by atoms with Crippen molar-refractivity contribution in [1.82, 2.24) is 10.0 Å². The van der Waals surface area contributed by atoms with E-state index >= 15 is 0 Å². The molecule has 0 aliphatic rings. The Morgan fingerprint density at radius 2 is 1.90 bits per heavy atom. The molecule has 1 rings (SSSR count). The molecule has 1 amide bonds. The number of halogens is 1. The minimum atomic E-state index is -3.49. The molecule has 21 heavy (non-hydrogen) atoms. The van der Waals surface area contributed by atoms with Crippen LogP contribution in [-0.4, -0.2) is 33.3 Å². The lowest BCUT2D eigenvalue weighted by Crippen LogP contribution is -2.25. The highest BCUT2D eigenvalue weighted by Crippen LogP contribution is 2.10. The van der Waals surface area contributed by atoms with Crippen molar-refractivity contribution >= 4 is 27.5 Å². The number of alkyl halides is 1. The van der Waals surface area contributed by atoms with Gasteiger partial charge in [-0.1, -0.05) is 18.2 Å². The number of carbonyl (C=O) groups excluding carboxylic acids is 1. The third-order valence-corrected chi connectivity index (χ3v) is 4.32. The average molecular weight is 331 g/mol. The second kappa shape index (κ2) is 8.81. The summed E-state index contributed by atoms with van der Waals surface area (Å²) >= 11 is 5.46. The summed E-state index contributed by atoms with van der Waals surface area (Å²) in [6, 6.07) is 6.55. The van der Waals surface area contributed by atoms with Crippen LogP contribution in [-0.2, 0) is 21.2 Å². The SMILES string of the molecule is C/C=C/C(=O)NCCc1ccc(S(=O)(=O)NCCCl)cc1. The van der Waals surface area contributed by atoms with E-state index in [1.165, 1.54) is 6.08 Å². The minimum absolute atomic E-state index is 0.137. The van der Waals surface area contributed by atoms with Crippen LogP contribution in [0.4, 0.5) is 0 Å². The van der Waals surface area contributed by atoms with Crippen LogP contribution < -0.4 is 10.0 Å². The Labute approximate surface area is 130 Å². The summed E-state index contributed by atoms with van der Waals surface area (Å²) in [5.41, 5.74) is 0.951. The van der Waals surface area contributed by atoms with Crippen molar-refractivity contribution in [3.63, 3.8) is 0 Å². The zero-order valence-electron chi connectivity index (χ0n) is 11.8. The van der Waals surface area contributed by atoms with E-state index in [-0.39, 0.29) is 23.2 Å². The van der Waals surface area contributed by atoms with Gasteiger partial charge in [0.05, 0.1) is 4.90 Å². The predicted molar refractivity (Wildman–Crippen MR) is 83.9 cm³/mol. The summed E-state index contributed by atoms with van der Waals surface area (Å²) < 4.78 is 26.1. The number of rotatable bonds is 8. The van der Waals surface area contributed by atoms with Gasteiger partial charge in [-0.3, -0.25) is 4.79 Å². The first-order valence-electron chi connectivity index (χ1n) is 6.54. The molecule has 0 heterocycles. The molecule has 0 saturated carbocycles. The Morgan fingerprint density at radius 3 is 2.48 bits per heavy atom. The van der Waals surface area contributed by atoms with Crippen LogP contribution in [0.15, 0.2) is 41.3 Å².